The van der Waals surface area contributed by atoms with Crippen LogP contribution >= 0.6 is 31.9 Å². The van der Waals surface area contributed by atoms with Gasteiger partial charge in [-0.3, -0.25) is 0 Å². The number of benzene rings is 4. The van der Waals surface area contributed by atoms with Crippen molar-refractivity contribution in [3.05, 3.63) is 166 Å². The maximum Gasteiger partial charge on any atom is 0.0891 e. The van der Waals surface area contributed by atoms with E-state index in [2.05, 4.69) is 231 Å². The molecule has 8 bridgehead atoms. The van der Waals surface area contributed by atoms with E-state index in [-0.39, 0.29) is 0 Å². The molecule has 0 aliphatic carbocycles. The molecule has 2 aliphatic heterocycles. The molecule has 7 aromatic rings. The normalized spacial score (nSPS) is 12.8. The number of H-pyrrole nitrogens is 2. The van der Waals surface area contributed by atoms with Gasteiger partial charge in [-0.15, -0.1) is 0 Å². The summed E-state index contributed by atoms with van der Waals surface area (Å²) < 4.78 is 1.79. The summed E-state index contributed by atoms with van der Waals surface area (Å²) in [6, 6.07) is 44.6. The van der Waals surface area contributed by atoms with Crippen LogP contribution in [-0.2, 0) is 0 Å². The summed E-state index contributed by atoms with van der Waals surface area (Å²) in [7, 11) is 0. The Hall–Kier alpha value is -5.56. The van der Waals surface area contributed by atoms with Crippen molar-refractivity contribution in [3.8, 4) is 44.5 Å². The summed E-state index contributed by atoms with van der Waals surface area (Å²) in [5.74, 6) is 1.67. The van der Waals surface area contributed by atoms with Gasteiger partial charge in [-0.2, -0.15) is 0 Å². The molecule has 5 heterocycles. The van der Waals surface area contributed by atoms with Gasteiger partial charge < -0.3 is 9.97 Å². The van der Waals surface area contributed by atoms with Gasteiger partial charge in [0.05, 0.1) is 31.7 Å². The second-order valence-electron chi connectivity index (χ2n) is 17.8. The van der Waals surface area contributed by atoms with Gasteiger partial charge in [0.2, 0.25) is 0 Å². The molecule has 62 heavy (non-hydrogen) atoms. The number of hydrogen-bond acceptors (Lipinski definition) is 2. The SMILES string of the molecule is CC(C)c1ccc(-c2c3nc(c(-c4ccc(C(C)C)cc4)c4ccc([nH]4)c(-c4ccc(C(C)C)cc4)c4nc(c(-c5ccc(C(C)C)cc5)c5ccc2[nH]5)C(Br)=C4Br)C=C3)cc1. The smallest absolute Gasteiger partial charge is 0.0891 e. The van der Waals surface area contributed by atoms with E-state index in [0.29, 0.717) is 23.7 Å². The minimum Gasteiger partial charge on any atom is -0.354 e. The van der Waals surface area contributed by atoms with E-state index in [4.69, 9.17) is 9.97 Å². The Morgan fingerprint density at radius 1 is 0.339 bits per heavy atom. The van der Waals surface area contributed by atoms with Crippen LogP contribution in [0.15, 0.2) is 121 Å². The third kappa shape index (κ3) is 7.77. The maximum atomic E-state index is 5.62. The first-order valence-electron chi connectivity index (χ1n) is 21.8. The third-order valence-corrected chi connectivity index (χ3v) is 14.4. The summed E-state index contributed by atoms with van der Waals surface area (Å²) in [4.78, 5) is 19.0. The highest BCUT2D eigenvalue weighted by Crippen LogP contribution is 2.47. The van der Waals surface area contributed by atoms with E-state index < -0.39 is 0 Å². The average molecular weight is 941 g/mol. The van der Waals surface area contributed by atoms with Gasteiger partial charge in [-0.1, -0.05) is 152 Å². The lowest BCUT2D eigenvalue weighted by Gasteiger charge is -2.10. The first-order chi connectivity index (χ1) is 29.9. The molecule has 6 heteroatoms. The molecule has 0 spiro atoms. The van der Waals surface area contributed by atoms with Crippen LogP contribution < -0.4 is 0 Å². The van der Waals surface area contributed by atoms with Gasteiger partial charge in [-0.25, -0.2) is 9.97 Å². The first-order valence-corrected chi connectivity index (χ1v) is 23.4. The van der Waals surface area contributed by atoms with Gasteiger partial charge in [-0.05, 0) is 136 Å². The number of hydrogen-bond donors (Lipinski definition) is 2. The average Bonchev–Trinajstić information content (AvgIpc) is 4.10. The molecule has 4 nitrogen and oxygen atoms in total. The van der Waals surface area contributed by atoms with E-state index in [0.717, 1.165) is 98.3 Å². The van der Waals surface area contributed by atoms with Crippen molar-refractivity contribution >= 4 is 75.0 Å². The van der Waals surface area contributed by atoms with Gasteiger partial charge >= 0.3 is 0 Å². The Balaban J connectivity index is 1.46. The molecule has 310 valence electrons. The van der Waals surface area contributed by atoms with Crippen LogP contribution in [-0.4, -0.2) is 19.9 Å². The number of aromatic nitrogens is 4. The molecule has 9 rings (SSSR count). The number of fused-ring (bicyclic) bond motifs is 8. The van der Waals surface area contributed by atoms with Crippen molar-refractivity contribution in [1.82, 2.24) is 19.9 Å². The second kappa shape index (κ2) is 17.0. The number of aromatic amines is 2. The monoisotopic (exact) mass is 938 g/mol. The largest absolute Gasteiger partial charge is 0.354 e. The molecular weight excluding hydrogens is 888 g/mol. The number of nitrogens with one attached hydrogen (secondary N) is 2. The summed E-state index contributed by atoms with van der Waals surface area (Å²) in [6.45, 7) is 17.9. The Morgan fingerprint density at radius 3 is 0.871 bits per heavy atom. The molecule has 0 amide bonds. The molecule has 0 saturated carbocycles. The zero-order valence-electron chi connectivity index (χ0n) is 36.7. The van der Waals surface area contributed by atoms with Crippen molar-refractivity contribution < 1.29 is 0 Å². The van der Waals surface area contributed by atoms with Gasteiger partial charge in [0, 0.05) is 44.3 Å². The fraction of sp³-hybridized carbons (Fsp3) is 0.214. The summed E-state index contributed by atoms with van der Waals surface area (Å²) in [5.41, 5.74) is 21.0. The summed E-state index contributed by atoms with van der Waals surface area (Å²) in [6.07, 6.45) is 4.35. The van der Waals surface area contributed by atoms with Crippen LogP contribution in [0.3, 0.4) is 0 Å². The molecule has 4 aromatic carbocycles. The van der Waals surface area contributed by atoms with E-state index >= 15 is 0 Å². The summed E-state index contributed by atoms with van der Waals surface area (Å²) in [5, 5.41) is 0. The molecule has 0 atom stereocenters. The van der Waals surface area contributed by atoms with E-state index in [1.165, 1.54) is 22.3 Å². The van der Waals surface area contributed by atoms with E-state index in [1.54, 1.807) is 0 Å². The predicted octanol–water partition coefficient (Wildman–Crippen LogP) is 17.3. The lowest BCUT2D eigenvalue weighted by Crippen LogP contribution is -1.92. The third-order valence-electron chi connectivity index (χ3n) is 12.4. The highest BCUT2D eigenvalue weighted by molar-refractivity contribution is 9.18. The van der Waals surface area contributed by atoms with E-state index in [1.807, 2.05) is 0 Å². The van der Waals surface area contributed by atoms with Crippen LogP contribution in [0.5, 0.6) is 0 Å². The lowest BCUT2D eigenvalue weighted by molar-refractivity contribution is 0.867. The van der Waals surface area contributed by atoms with Crippen LogP contribution in [0.1, 0.15) is 124 Å². The van der Waals surface area contributed by atoms with Crippen LogP contribution in [0.2, 0.25) is 0 Å². The van der Waals surface area contributed by atoms with Crippen molar-refractivity contribution in [1.29, 1.82) is 0 Å². The molecule has 0 fully saturated rings. The fourth-order valence-electron chi connectivity index (χ4n) is 8.62. The molecule has 2 N–H and O–H groups in total. The van der Waals surface area contributed by atoms with Gasteiger partial charge in [0.15, 0.2) is 0 Å². The van der Waals surface area contributed by atoms with E-state index in [9.17, 15) is 0 Å². The number of rotatable bonds is 8. The number of nitrogens with zero attached hydrogens (tertiary/aromatic N) is 2. The Labute approximate surface area is 382 Å². The summed E-state index contributed by atoms with van der Waals surface area (Å²) >= 11 is 8.17. The Kier molecular flexibility index (Phi) is 11.4. The van der Waals surface area contributed by atoms with Crippen molar-refractivity contribution in [2.24, 2.45) is 0 Å². The topological polar surface area (TPSA) is 57.4 Å². The fourth-order valence-corrected chi connectivity index (χ4v) is 9.57. The highest BCUT2D eigenvalue weighted by Gasteiger charge is 2.26. The second-order valence-corrected chi connectivity index (χ2v) is 19.4. The Morgan fingerprint density at radius 2 is 0.597 bits per heavy atom. The van der Waals surface area contributed by atoms with Crippen molar-refractivity contribution in [3.63, 3.8) is 0 Å². The van der Waals surface area contributed by atoms with Crippen LogP contribution in [0, 0.1) is 0 Å². The minimum absolute atomic E-state index is 0.413. The van der Waals surface area contributed by atoms with Crippen LogP contribution in [0.25, 0.3) is 87.7 Å². The standard InChI is InChI=1S/C56H52Br2N4/c1-31(2)35-9-17-39(18-10-35)49-43-25-26-44(59-43)50(40-19-11-36(12-20-40)32(3)4)46-28-30-48(61-46)52(42-23-15-38(16-24-42)34(7)8)56-54(58)53(57)55(62-56)51(47-29-27-45(49)60-47)41-21-13-37(14-22-41)33(5)6/h9-34,60-61H,1-8H3. The van der Waals surface area contributed by atoms with Gasteiger partial charge in [0.25, 0.3) is 0 Å². The van der Waals surface area contributed by atoms with Crippen LogP contribution in [0.4, 0.5) is 0 Å². The quantitative estimate of drug-likeness (QED) is 0.159. The zero-order valence-corrected chi connectivity index (χ0v) is 39.8. The molecule has 0 radical (unpaired) electrons. The highest BCUT2D eigenvalue weighted by atomic mass is 79.9. The zero-order chi connectivity index (χ0) is 43.4. The van der Waals surface area contributed by atoms with Crippen molar-refractivity contribution in [2.45, 2.75) is 79.1 Å². The number of halogens is 2. The molecule has 3 aromatic heterocycles. The molecule has 2 aliphatic rings. The molecule has 0 unspecified atom stereocenters. The minimum atomic E-state index is 0.413. The molecular formula is C56H52Br2N4. The first kappa shape index (κ1) is 41.8. The predicted molar refractivity (Wildman–Crippen MR) is 273 cm³/mol. The van der Waals surface area contributed by atoms with Crippen molar-refractivity contribution in [2.75, 3.05) is 0 Å². The molecule has 0 saturated heterocycles. The lowest BCUT2D eigenvalue weighted by atomic mass is 9.98. The van der Waals surface area contributed by atoms with Gasteiger partial charge in [0.1, 0.15) is 0 Å². The Bertz CT molecular complexity index is 2850. The maximum absolute atomic E-state index is 5.62.